The molecule has 1 atom stereocenters. The Morgan fingerprint density at radius 2 is 2.18 bits per heavy atom. The Bertz CT molecular complexity index is 1060. The van der Waals surface area contributed by atoms with E-state index in [9.17, 15) is 4.79 Å². The van der Waals surface area contributed by atoms with E-state index in [2.05, 4.69) is 15.3 Å². The van der Waals surface area contributed by atoms with E-state index in [0.29, 0.717) is 40.6 Å². The smallest absolute Gasteiger partial charge is 0.407 e. The highest BCUT2D eigenvalue weighted by Crippen LogP contribution is 2.35. The minimum absolute atomic E-state index is 0.0556. The van der Waals surface area contributed by atoms with Crippen molar-refractivity contribution >= 4 is 51.5 Å². The highest BCUT2D eigenvalue weighted by atomic mass is 35.5. The van der Waals surface area contributed by atoms with Crippen molar-refractivity contribution in [1.29, 1.82) is 0 Å². The van der Waals surface area contributed by atoms with E-state index in [-0.39, 0.29) is 12.0 Å². The summed E-state index contributed by atoms with van der Waals surface area (Å²) in [6.07, 6.45) is 0.335. The highest BCUT2D eigenvalue weighted by molar-refractivity contribution is 6.31. The molecule has 3 N–H and O–H groups in total. The number of hydrogen-bond donors (Lipinski definition) is 2. The van der Waals surface area contributed by atoms with E-state index in [1.165, 1.54) is 0 Å². The van der Waals surface area contributed by atoms with Gasteiger partial charge in [0.25, 0.3) is 0 Å². The molecule has 2 aromatic heterocycles. The van der Waals surface area contributed by atoms with E-state index in [1.54, 1.807) is 12.1 Å². The maximum atomic E-state index is 12.0. The summed E-state index contributed by atoms with van der Waals surface area (Å²) in [5, 5.41) is 4.32. The molecule has 0 bridgehead atoms. The Labute approximate surface area is 167 Å². The van der Waals surface area contributed by atoms with Gasteiger partial charge < -0.3 is 25.1 Å². The molecule has 3 heterocycles. The Morgan fingerprint density at radius 3 is 2.93 bits per heavy atom. The standard InChI is InChI=1S/C19H22ClN5O3/c1-19(2,3)28-18(26)22-11-6-7-25(9-11)16-15-14(23-17(21)24-16)12-5-4-10(20)8-13(12)27-15/h4-5,8,11H,6-7,9H2,1-3H3,(H,22,26)(H2,21,23,24). The van der Waals surface area contributed by atoms with E-state index in [0.717, 1.165) is 11.8 Å². The monoisotopic (exact) mass is 403 g/mol. The predicted molar refractivity (Wildman–Crippen MR) is 109 cm³/mol. The molecule has 4 rings (SSSR count). The van der Waals surface area contributed by atoms with Crippen LogP contribution in [0.15, 0.2) is 22.6 Å². The fourth-order valence-corrected chi connectivity index (χ4v) is 3.54. The maximum Gasteiger partial charge on any atom is 0.407 e. The van der Waals surface area contributed by atoms with Gasteiger partial charge in [-0.25, -0.2) is 9.78 Å². The summed E-state index contributed by atoms with van der Waals surface area (Å²) in [6, 6.07) is 5.33. The van der Waals surface area contributed by atoms with Crippen LogP contribution < -0.4 is 16.0 Å². The van der Waals surface area contributed by atoms with Gasteiger partial charge in [0.2, 0.25) is 5.95 Å². The van der Waals surface area contributed by atoms with Crippen LogP contribution in [0.2, 0.25) is 5.02 Å². The van der Waals surface area contributed by atoms with E-state index in [1.807, 2.05) is 31.7 Å². The van der Waals surface area contributed by atoms with Gasteiger partial charge in [0.05, 0.1) is 6.04 Å². The SMILES string of the molecule is CC(C)(C)OC(=O)NC1CCN(c2nc(N)nc3c2oc2cc(Cl)ccc23)C1. The summed E-state index contributed by atoms with van der Waals surface area (Å²) in [7, 11) is 0. The zero-order valence-corrected chi connectivity index (χ0v) is 16.7. The molecule has 8 nitrogen and oxygen atoms in total. The molecular weight excluding hydrogens is 382 g/mol. The number of ether oxygens (including phenoxy) is 1. The summed E-state index contributed by atoms with van der Waals surface area (Å²) in [5.74, 6) is 0.784. The van der Waals surface area contributed by atoms with Crippen molar-refractivity contribution in [3.8, 4) is 0 Å². The number of carbonyl (C=O) groups is 1. The Balaban J connectivity index is 1.61. The lowest BCUT2D eigenvalue weighted by Gasteiger charge is -2.22. The molecule has 1 aliphatic heterocycles. The second kappa shape index (κ2) is 6.70. The number of nitrogens with zero attached hydrogens (tertiary/aromatic N) is 3. The van der Waals surface area contributed by atoms with Crippen molar-refractivity contribution < 1.29 is 13.9 Å². The molecule has 1 saturated heterocycles. The first-order chi connectivity index (χ1) is 13.2. The number of nitrogen functional groups attached to an aromatic ring is 1. The number of anilines is 2. The average Bonchev–Trinajstić information content (AvgIpc) is 3.16. The number of furan rings is 1. The molecule has 0 saturated carbocycles. The average molecular weight is 404 g/mol. The maximum absolute atomic E-state index is 12.0. The van der Waals surface area contributed by atoms with Crippen LogP contribution in [0.25, 0.3) is 22.1 Å². The topological polar surface area (TPSA) is 107 Å². The van der Waals surface area contributed by atoms with Gasteiger partial charge in [0.1, 0.15) is 16.7 Å². The van der Waals surface area contributed by atoms with Crippen molar-refractivity contribution in [2.75, 3.05) is 23.7 Å². The highest BCUT2D eigenvalue weighted by Gasteiger charge is 2.29. The van der Waals surface area contributed by atoms with Gasteiger partial charge in [-0.3, -0.25) is 0 Å². The number of nitrogens with one attached hydrogen (secondary N) is 1. The molecule has 28 heavy (non-hydrogen) atoms. The number of hydrogen-bond acceptors (Lipinski definition) is 7. The minimum atomic E-state index is -0.537. The molecule has 0 radical (unpaired) electrons. The first-order valence-corrected chi connectivity index (χ1v) is 9.47. The number of rotatable bonds is 2. The number of nitrogens with two attached hydrogens (primary N) is 1. The van der Waals surface area contributed by atoms with Gasteiger partial charge in [-0.15, -0.1) is 0 Å². The van der Waals surface area contributed by atoms with Crippen LogP contribution in [0.4, 0.5) is 16.6 Å². The molecular formula is C19H22ClN5O3. The zero-order chi connectivity index (χ0) is 20.1. The third-order valence-corrected chi connectivity index (χ3v) is 4.72. The number of carbonyl (C=O) groups excluding carboxylic acids is 1. The molecule has 3 aromatic rings. The van der Waals surface area contributed by atoms with Gasteiger partial charge in [-0.2, -0.15) is 4.98 Å². The number of aromatic nitrogens is 2. The van der Waals surface area contributed by atoms with E-state index < -0.39 is 11.7 Å². The summed E-state index contributed by atoms with van der Waals surface area (Å²) in [5.41, 5.74) is 7.26. The van der Waals surface area contributed by atoms with Crippen molar-refractivity contribution in [2.24, 2.45) is 0 Å². The van der Waals surface area contributed by atoms with Crippen LogP contribution in [0.3, 0.4) is 0 Å². The summed E-state index contributed by atoms with van der Waals surface area (Å²) < 4.78 is 11.3. The van der Waals surface area contributed by atoms with Gasteiger partial charge >= 0.3 is 6.09 Å². The van der Waals surface area contributed by atoms with Crippen molar-refractivity contribution in [3.05, 3.63) is 23.2 Å². The summed E-state index contributed by atoms with van der Waals surface area (Å²) in [6.45, 7) is 6.78. The lowest BCUT2D eigenvalue weighted by Crippen LogP contribution is -2.40. The number of halogens is 1. The Hall–Kier alpha value is -2.74. The number of amides is 1. The molecule has 1 aromatic carbocycles. The second-order valence-electron chi connectivity index (χ2n) is 7.90. The lowest BCUT2D eigenvalue weighted by atomic mass is 10.2. The molecule has 0 spiro atoms. The normalized spacial score (nSPS) is 17.4. The second-order valence-corrected chi connectivity index (χ2v) is 8.34. The predicted octanol–water partition coefficient (Wildman–Crippen LogP) is 3.72. The molecule has 1 fully saturated rings. The summed E-state index contributed by atoms with van der Waals surface area (Å²) in [4.78, 5) is 22.8. The van der Waals surface area contributed by atoms with Gasteiger partial charge in [-0.1, -0.05) is 11.6 Å². The van der Waals surface area contributed by atoms with Crippen LogP contribution in [0, 0.1) is 0 Å². The van der Waals surface area contributed by atoms with Crippen molar-refractivity contribution in [2.45, 2.75) is 38.8 Å². The number of fused-ring (bicyclic) bond motifs is 3. The van der Waals surface area contributed by atoms with Crippen LogP contribution in [-0.4, -0.2) is 40.8 Å². The fraction of sp³-hybridized carbons (Fsp3) is 0.421. The van der Waals surface area contributed by atoms with Gasteiger partial charge in [0, 0.05) is 29.6 Å². The van der Waals surface area contributed by atoms with Crippen molar-refractivity contribution in [1.82, 2.24) is 15.3 Å². The first-order valence-electron chi connectivity index (χ1n) is 9.09. The Kier molecular flexibility index (Phi) is 4.45. The van der Waals surface area contributed by atoms with E-state index >= 15 is 0 Å². The minimum Gasteiger partial charge on any atom is -0.450 e. The van der Waals surface area contributed by atoms with E-state index in [4.69, 9.17) is 26.5 Å². The third-order valence-electron chi connectivity index (χ3n) is 4.48. The van der Waals surface area contributed by atoms with Gasteiger partial charge in [-0.05, 0) is 39.3 Å². The van der Waals surface area contributed by atoms with Crippen molar-refractivity contribution in [3.63, 3.8) is 0 Å². The Morgan fingerprint density at radius 1 is 1.39 bits per heavy atom. The fourth-order valence-electron chi connectivity index (χ4n) is 3.38. The molecule has 148 valence electrons. The summed E-state index contributed by atoms with van der Waals surface area (Å²) >= 11 is 6.07. The van der Waals surface area contributed by atoms with Crippen LogP contribution >= 0.6 is 11.6 Å². The molecule has 1 amide bonds. The quantitative estimate of drug-likeness (QED) is 0.671. The van der Waals surface area contributed by atoms with Crippen LogP contribution in [0.1, 0.15) is 27.2 Å². The lowest BCUT2D eigenvalue weighted by molar-refractivity contribution is 0.0509. The number of benzene rings is 1. The van der Waals surface area contributed by atoms with Crippen LogP contribution in [0.5, 0.6) is 0 Å². The van der Waals surface area contributed by atoms with Crippen LogP contribution in [-0.2, 0) is 4.74 Å². The molecule has 1 unspecified atom stereocenters. The largest absolute Gasteiger partial charge is 0.450 e. The number of alkyl carbamates (subject to hydrolysis) is 1. The molecule has 1 aliphatic rings. The van der Waals surface area contributed by atoms with Gasteiger partial charge in [0.15, 0.2) is 11.4 Å². The molecule has 0 aliphatic carbocycles. The zero-order valence-electron chi connectivity index (χ0n) is 16.0. The first kappa shape index (κ1) is 18.6. The third kappa shape index (κ3) is 3.64. The molecule has 9 heteroatoms.